The zero-order valence-corrected chi connectivity index (χ0v) is 12.9. The molecule has 0 spiro atoms. The molecular weight excluding hydrogens is 238 g/mol. The molecule has 4 heteroatoms. The van der Waals surface area contributed by atoms with E-state index in [2.05, 4.69) is 36.0 Å². The molecule has 0 bridgehead atoms. The molecule has 1 unspecified atom stereocenters. The number of amides is 1. The first-order valence-corrected chi connectivity index (χ1v) is 7.65. The molecule has 1 saturated heterocycles. The van der Waals surface area contributed by atoms with Crippen LogP contribution in [0.5, 0.6) is 0 Å². The van der Waals surface area contributed by atoms with Gasteiger partial charge in [-0.05, 0) is 53.8 Å². The molecule has 0 aromatic heterocycles. The Morgan fingerprint density at radius 1 is 1.32 bits per heavy atom. The van der Waals surface area contributed by atoms with Gasteiger partial charge in [0.2, 0.25) is 5.91 Å². The molecule has 1 aliphatic carbocycles. The zero-order valence-electron chi connectivity index (χ0n) is 12.9. The van der Waals surface area contributed by atoms with Crippen molar-refractivity contribution in [3.05, 3.63) is 0 Å². The Kier molecular flexibility index (Phi) is 4.51. The Balaban J connectivity index is 2.14. The van der Waals surface area contributed by atoms with Crippen molar-refractivity contribution in [3.8, 4) is 0 Å². The fraction of sp³-hybridized carbons (Fsp3) is 0.933. The second-order valence-corrected chi connectivity index (χ2v) is 6.74. The van der Waals surface area contributed by atoms with E-state index in [1.807, 2.05) is 7.05 Å². The molecular formula is C15H29N3O. The Morgan fingerprint density at radius 3 is 2.53 bits per heavy atom. The largest absolute Gasteiger partial charge is 0.337 e. The Labute approximate surface area is 117 Å². The molecule has 19 heavy (non-hydrogen) atoms. The normalized spacial score (nSPS) is 29.2. The first-order chi connectivity index (χ1) is 8.97. The number of nitrogens with one attached hydrogen (secondary N) is 1. The summed E-state index contributed by atoms with van der Waals surface area (Å²) in [6.45, 7) is 6.29. The van der Waals surface area contributed by atoms with Gasteiger partial charge in [-0.2, -0.15) is 0 Å². The van der Waals surface area contributed by atoms with Crippen molar-refractivity contribution in [1.82, 2.24) is 15.1 Å². The maximum atomic E-state index is 12.8. The van der Waals surface area contributed by atoms with Gasteiger partial charge in [0, 0.05) is 18.1 Å². The van der Waals surface area contributed by atoms with Crippen LogP contribution in [0.2, 0.25) is 0 Å². The molecule has 2 rings (SSSR count). The number of nitrogens with zero attached hydrogens (tertiary/aromatic N) is 2. The van der Waals surface area contributed by atoms with Gasteiger partial charge in [-0.15, -0.1) is 0 Å². The highest BCUT2D eigenvalue weighted by Crippen LogP contribution is 2.32. The third kappa shape index (κ3) is 2.95. The summed E-state index contributed by atoms with van der Waals surface area (Å²) in [4.78, 5) is 17.2. The highest BCUT2D eigenvalue weighted by molar-refractivity contribution is 5.83. The van der Waals surface area contributed by atoms with E-state index < -0.39 is 0 Å². The molecule has 4 nitrogen and oxygen atoms in total. The van der Waals surface area contributed by atoms with Crippen LogP contribution in [0.15, 0.2) is 0 Å². The second-order valence-electron chi connectivity index (χ2n) is 6.74. The number of hydrogen-bond acceptors (Lipinski definition) is 3. The lowest BCUT2D eigenvalue weighted by atomic mass is 9.92. The standard InChI is InChI=1S/C15H29N3O/c1-15(2)11-18(12-7-5-6-8-12)14(19)13(17(15)4)9-10-16-3/h12-13,16H,5-11H2,1-4H3. The predicted octanol–water partition coefficient (Wildman–Crippen LogP) is 1.46. The smallest absolute Gasteiger partial charge is 0.240 e. The lowest BCUT2D eigenvalue weighted by molar-refractivity contribution is -0.151. The average molecular weight is 267 g/mol. The van der Waals surface area contributed by atoms with E-state index in [4.69, 9.17) is 0 Å². The molecule has 1 aliphatic heterocycles. The maximum absolute atomic E-state index is 12.8. The number of hydrogen-bond donors (Lipinski definition) is 1. The Morgan fingerprint density at radius 2 is 1.95 bits per heavy atom. The molecule has 1 atom stereocenters. The van der Waals surface area contributed by atoms with E-state index >= 15 is 0 Å². The quantitative estimate of drug-likeness (QED) is 0.837. The van der Waals surface area contributed by atoms with Crippen LogP contribution in [0.1, 0.15) is 46.0 Å². The number of piperazine rings is 1. The molecule has 2 fully saturated rings. The van der Waals surface area contributed by atoms with Gasteiger partial charge in [-0.1, -0.05) is 12.8 Å². The summed E-state index contributed by atoms with van der Waals surface area (Å²) in [5.74, 6) is 0.351. The minimum Gasteiger partial charge on any atom is -0.337 e. The summed E-state index contributed by atoms with van der Waals surface area (Å²) >= 11 is 0. The highest BCUT2D eigenvalue weighted by Gasteiger charge is 2.44. The van der Waals surface area contributed by atoms with Gasteiger partial charge in [0.15, 0.2) is 0 Å². The van der Waals surface area contributed by atoms with Gasteiger partial charge in [-0.3, -0.25) is 9.69 Å². The topological polar surface area (TPSA) is 35.6 Å². The summed E-state index contributed by atoms with van der Waals surface area (Å²) in [5, 5.41) is 3.17. The van der Waals surface area contributed by atoms with E-state index in [1.54, 1.807) is 0 Å². The molecule has 2 aliphatic rings. The summed E-state index contributed by atoms with van der Waals surface area (Å²) < 4.78 is 0. The van der Waals surface area contributed by atoms with Crippen molar-refractivity contribution in [2.45, 2.75) is 63.6 Å². The van der Waals surface area contributed by atoms with E-state index in [0.717, 1.165) is 19.5 Å². The molecule has 0 aromatic rings. The molecule has 110 valence electrons. The Bertz CT molecular complexity index is 323. The number of carbonyl (C=O) groups is 1. The minimum atomic E-state index is 0.0387. The number of likely N-dealkylation sites (N-methyl/N-ethyl adjacent to an activating group) is 1. The van der Waals surface area contributed by atoms with Crippen molar-refractivity contribution >= 4 is 5.91 Å². The van der Waals surface area contributed by atoms with Gasteiger partial charge in [0.05, 0.1) is 6.04 Å². The van der Waals surface area contributed by atoms with Crippen LogP contribution in [0.25, 0.3) is 0 Å². The van der Waals surface area contributed by atoms with Gasteiger partial charge >= 0.3 is 0 Å². The molecule has 1 saturated carbocycles. The molecule has 0 radical (unpaired) electrons. The van der Waals surface area contributed by atoms with Crippen molar-refractivity contribution in [2.75, 3.05) is 27.2 Å². The molecule has 1 heterocycles. The van der Waals surface area contributed by atoms with Crippen LogP contribution >= 0.6 is 0 Å². The number of carbonyl (C=O) groups excluding carboxylic acids is 1. The third-order valence-corrected chi connectivity index (χ3v) is 4.98. The lowest BCUT2D eigenvalue weighted by Crippen LogP contribution is -2.67. The van der Waals surface area contributed by atoms with Crippen LogP contribution in [0.3, 0.4) is 0 Å². The van der Waals surface area contributed by atoms with E-state index in [1.165, 1.54) is 25.7 Å². The molecule has 1 N–H and O–H groups in total. The predicted molar refractivity (Wildman–Crippen MR) is 78.1 cm³/mol. The van der Waals surface area contributed by atoms with Crippen molar-refractivity contribution in [2.24, 2.45) is 0 Å². The fourth-order valence-electron chi connectivity index (χ4n) is 3.51. The SMILES string of the molecule is CNCCC1C(=O)N(C2CCCC2)CC(C)(C)N1C. The summed E-state index contributed by atoms with van der Waals surface area (Å²) in [7, 11) is 4.05. The summed E-state index contributed by atoms with van der Waals surface area (Å²) in [6, 6.07) is 0.536. The minimum absolute atomic E-state index is 0.0387. The first-order valence-electron chi connectivity index (χ1n) is 7.65. The van der Waals surface area contributed by atoms with Gasteiger partial charge in [0.25, 0.3) is 0 Å². The van der Waals surface area contributed by atoms with Crippen LogP contribution in [0.4, 0.5) is 0 Å². The van der Waals surface area contributed by atoms with Crippen LogP contribution in [0, 0.1) is 0 Å². The first kappa shape index (κ1) is 14.8. The van der Waals surface area contributed by atoms with Gasteiger partial charge in [-0.25, -0.2) is 0 Å². The van der Waals surface area contributed by atoms with Crippen LogP contribution < -0.4 is 5.32 Å². The highest BCUT2D eigenvalue weighted by atomic mass is 16.2. The second kappa shape index (κ2) is 5.80. The van der Waals surface area contributed by atoms with Gasteiger partial charge in [0.1, 0.15) is 0 Å². The third-order valence-electron chi connectivity index (χ3n) is 4.98. The van der Waals surface area contributed by atoms with E-state index in [0.29, 0.717) is 11.9 Å². The van der Waals surface area contributed by atoms with Crippen molar-refractivity contribution in [3.63, 3.8) is 0 Å². The van der Waals surface area contributed by atoms with Crippen LogP contribution in [-0.2, 0) is 4.79 Å². The maximum Gasteiger partial charge on any atom is 0.240 e. The van der Waals surface area contributed by atoms with E-state index in [9.17, 15) is 4.79 Å². The average Bonchev–Trinajstić information content (AvgIpc) is 2.88. The Hall–Kier alpha value is -0.610. The van der Waals surface area contributed by atoms with Crippen LogP contribution in [-0.4, -0.2) is 60.5 Å². The van der Waals surface area contributed by atoms with Crippen molar-refractivity contribution < 1.29 is 4.79 Å². The lowest BCUT2D eigenvalue weighted by Gasteiger charge is -2.51. The van der Waals surface area contributed by atoms with Crippen molar-refractivity contribution in [1.29, 1.82) is 0 Å². The summed E-state index contributed by atoms with van der Waals surface area (Å²) in [6.07, 6.45) is 5.87. The fourth-order valence-corrected chi connectivity index (χ4v) is 3.51. The number of rotatable bonds is 4. The molecule has 1 amide bonds. The zero-order chi connectivity index (χ0) is 14.0. The monoisotopic (exact) mass is 267 g/mol. The van der Waals surface area contributed by atoms with Gasteiger partial charge < -0.3 is 10.2 Å². The summed E-state index contributed by atoms with van der Waals surface area (Å²) in [5.41, 5.74) is 0.0783. The van der Waals surface area contributed by atoms with E-state index in [-0.39, 0.29) is 11.6 Å². The molecule has 0 aromatic carbocycles.